The van der Waals surface area contributed by atoms with Crippen molar-refractivity contribution in [1.29, 1.82) is 0 Å². The average Bonchev–Trinajstić information content (AvgIpc) is 3.03. The Bertz CT molecular complexity index is 873. The van der Waals surface area contributed by atoms with Crippen molar-refractivity contribution in [1.82, 2.24) is 24.9 Å². The van der Waals surface area contributed by atoms with Crippen LogP contribution in [0.3, 0.4) is 0 Å². The quantitative estimate of drug-likeness (QED) is 0.855. The number of hydrogen-bond acceptors (Lipinski definition) is 5. The molecule has 8 nitrogen and oxygen atoms in total. The minimum absolute atomic E-state index is 0.00356. The van der Waals surface area contributed by atoms with Crippen LogP contribution >= 0.6 is 23.2 Å². The molecule has 4 rings (SSSR count). The fourth-order valence-corrected chi connectivity index (χ4v) is 3.48. The molecule has 1 aliphatic carbocycles. The van der Waals surface area contributed by atoms with Crippen LogP contribution in [-0.2, 0) is 7.05 Å². The lowest BCUT2D eigenvalue weighted by molar-refractivity contribution is 0.0700. The number of amides is 2. The number of halogens is 2. The normalized spacial score (nSPS) is 19.8. The molecule has 0 spiro atoms. The van der Waals surface area contributed by atoms with Crippen molar-refractivity contribution in [3.63, 3.8) is 0 Å². The second kappa shape index (κ2) is 6.59. The molecule has 2 aromatic rings. The lowest BCUT2D eigenvalue weighted by atomic mass is 10.2. The van der Waals surface area contributed by atoms with E-state index in [4.69, 9.17) is 27.7 Å². The average molecular weight is 398 g/mol. The summed E-state index contributed by atoms with van der Waals surface area (Å²) in [5, 5.41) is 7.21. The van der Waals surface area contributed by atoms with E-state index in [0.717, 1.165) is 19.3 Å². The van der Waals surface area contributed by atoms with Gasteiger partial charge in [0.15, 0.2) is 0 Å². The van der Waals surface area contributed by atoms with Gasteiger partial charge in [-0.05, 0) is 31.7 Å². The summed E-state index contributed by atoms with van der Waals surface area (Å²) in [5.74, 6) is -0.301. The second-order valence-corrected chi connectivity index (χ2v) is 7.35. The minimum Gasteiger partial charge on any atom is -0.346 e. The summed E-state index contributed by atoms with van der Waals surface area (Å²) in [6.07, 6.45) is 3.43. The highest BCUT2D eigenvalue weighted by Crippen LogP contribution is 2.34. The van der Waals surface area contributed by atoms with Crippen LogP contribution in [-0.4, -0.2) is 44.0 Å². The van der Waals surface area contributed by atoms with Crippen molar-refractivity contribution >= 4 is 35.0 Å². The van der Waals surface area contributed by atoms with Crippen LogP contribution in [0.15, 0.2) is 10.6 Å². The maximum Gasteiger partial charge on any atom is 0.292 e. The molecule has 1 saturated carbocycles. The zero-order valence-electron chi connectivity index (χ0n) is 14.0. The van der Waals surface area contributed by atoms with Crippen LogP contribution in [0.2, 0.25) is 10.2 Å². The second-order valence-electron chi connectivity index (χ2n) is 6.59. The summed E-state index contributed by atoms with van der Waals surface area (Å²) in [6.45, 7) is 0.551. The first-order chi connectivity index (χ1) is 12.5. The number of carbonyl (C=O) groups is 2. The van der Waals surface area contributed by atoms with Gasteiger partial charge in [-0.15, -0.1) is 0 Å². The molecule has 0 radical (unpaired) electrons. The largest absolute Gasteiger partial charge is 0.346 e. The van der Waals surface area contributed by atoms with Crippen LogP contribution in [0.4, 0.5) is 0 Å². The van der Waals surface area contributed by atoms with Crippen LogP contribution in [0.1, 0.15) is 58.7 Å². The van der Waals surface area contributed by atoms with E-state index < -0.39 is 0 Å². The lowest BCUT2D eigenvalue weighted by Gasteiger charge is -2.22. The van der Waals surface area contributed by atoms with Crippen molar-refractivity contribution in [2.45, 2.75) is 37.8 Å². The first kappa shape index (κ1) is 17.4. The molecule has 0 bridgehead atoms. The van der Waals surface area contributed by atoms with Gasteiger partial charge in [-0.1, -0.05) is 28.4 Å². The Hall–Kier alpha value is -2.06. The van der Waals surface area contributed by atoms with E-state index in [1.165, 1.54) is 0 Å². The summed E-state index contributed by atoms with van der Waals surface area (Å²) in [5.41, 5.74) is 0.387. The Morgan fingerprint density at radius 2 is 2.08 bits per heavy atom. The Labute approximate surface area is 159 Å². The maximum absolute atomic E-state index is 12.9. The summed E-state index contributed by atoms with van der Waals surface area (Å²) in [7, 11) is 1.68. The van der Waals surface area contributed by atoms with Gasteiger partial charge in [0.2, 0.25) is 5.89 Å². The molecular formula is C16H17Cl2N5O3. The predicted octanol–water partition coefficient (Wildman–Crippen LogP) is 2.58. The molecular weight excluding hydrogens is 381 g/mol. The fraction of sp³-hybridized carbons (Fsp3) is 0.500. The van der Waals surface area contributed by atoms with Gasteiger partial charge in [0.05, 0.1) is 5.02 Å². The van der Waals surface area contributed by atoms with Crippen LogP contribution in [0, 0.1) is 0 Å². The Morgan fingerprint density at radius 1 is 1.31 bits per heavy atom. The lowest BCUT2D eigenvalue weighted by Crippen LogP contribution is -2.32. The summed E-state index contributed by atoms with van der Waals surface area (Å²) >= 11 is 12.1. The Balaban J connectivity index is 1.54. The highest BCUT2D eigenvalue weighted by Gasteiger charge is 2.36. The smallest absolute Gasteiger partial charge is 0.292 e. The van der Waals surface area contributed by atoms with Gasteiger partial charge >= 0.3 is 0 Å². The zero-order chi connectivity index (χ0) is 18.4. The molecule has 2 amide bonds. The predicted molar refractivity (Wildman–Crippen MR) is 93.2 cm³/mol. The molecule has 1 aliphatic heterocycles. The van der Waals surface area contributed by atoms with E-state index in [-0.39, 0.29) is 35.6 Å². The number of aromatic nitrogens is 3. The van der Waals surface area contributed by atoms with Gasteiger partial charge in [-0.2, -0.15) is 4.98 Å². The van der Waals surface area contributed by atoms with Gasteiger partial charge < -0.3 is 19.3 Å². The van der Waals surface area contributed by atoms with E-state index in [0.29, 0.717) is 28.8 Å². The van der Waals surface area contributed by atoms with Gasteiger partial charge in [0.25, 0.3) is 17.6 Å². The third kappa shape index (κ3) is 3.07. The number of hydrogen-bond donors (Lipinski definition) is 1. The summed E-state index contributed by atoms with van der Waals surface area (Å²) < 4.78 is 6.82. The molecule has 26 heavy (non-hydrogen) atoms. The SMILES string of the molecule is Cn1c(C(=O)N2CCCC2c2nc(C(=O)NC3CC3)no2)cc(Cl)c1Cl. The number of likely N-dealkylation sites (tertiary alicyclic amines) is 1. The first-order valence-electron chi connectivity index (χ1n) is 8.42. The van der Waals surface area contributed by atoms with Gasteiger partial charge in [-0.3, -0.25) is 9.59 Å². The van der Waals surface area contributed by atoms with Crippen LogP contribution < -0.4 is 5.32 Å². The zero-order valence-corrected chi connectivity index (χ0v) is 15.5. The third-order valence-electron chi connectivity index (χ3n) is 4.69. The number of nitrogens with one attached hydrogen (secondary N) is 1. The van der Waals surface area contributed by atoms with Crippen molar-refractivity contribution in [2.75, 3.05) is 6.54 Å². The van der Waals surface area contributed by atoms with E-state index >= 15 is 0 Å². The number of rotatable bonds is 4. The molecule has 2 fully saturated rings. The highest BCUT2D eigenvalue weighted by atomic mass is 35.5. The van der Waals surface area contributed by atoms with E-state index in [1.807, 2.05) is 0 Å². The molecule has 3 heterocycles. The first-order valence-corrected chi connectivity index (χ1v) is 9.17. The Kier molecular flexibility index (Phi) is 4.40. The monoisotopic (exact) mass is 397 g/mol. The van der Waals surface area contributed by atoms with Gasteiger partial charge in [0, 0.05) is 19.6 Å². The van der Waals surface area contributed by atoms with E-state index in [1.54, 1.807) is 22.6 Å². The molecule has 138 valence electrons. The fourth-order valence-electron chi connectivity index (χ4n) is 3.10. The Morgan fingerprint density at radius 3 is 2.73 bits per heavy atom. The van der Waals surface area contributed by atoms with E-state index in [2.05, 4.69) is 15.5 Å². The molecule has 1 N–H and O–H groups in total. The molecule has 2 aromatic heterocycles. The minimum atomic E-state index is -0.370. The van der Waals surface area contributed by atoms with Crippen molar-refractivity contribution in [3.8, 4) is 0 Å². The molecule has 1 saturated heterocycles. The van der Waals surface area contributed by atoms with Gasteiger partial charge in [-0.25, -0.2) is 0 Å². The number of nitrogens with zero attached hydrogens (tertiary/aromatic N) is 4. The summed E-state index contributed by atoms with van der Waals surface area (Å²) in [6, 6.07) is 1.38. The number of carbonyl (C=O) groups excluding carboxylic acids is 2. The molecule has 1 unspecified atom stereocenters. The van der Waals surface area contributed by atoms with E-state index in [9.17, 15) is 9.59 Å². The van der Waals surface area contributed by atoms with Crippen molar-refractivity contribution in [3.05, 3.63) is 33.7 Å². The molecule has 2 aliphatic rings. The molecule has 10 heteroatoms. The maximum atomic E-state index is 12.9. The van der Waals surface area contributed by atoms with Crippen LogP contribution in [0.5, 0.6) is 0 Å². The topological polar surface area (TPSA) is 93.3 Å². The molecule has 1 atom stereocenters. The van der Waals surface area contributed by atoms with Gasteiger partial charge in [0.1, 0.15) is 16.9 Å². The standard InChI is InChI=1S/C16H17Cl2N5O3/c1-22-11(7-9(17)12(22)18)16(25)23-6-2-3-10(23)15-20-13(21-26-15)14(24)19-8-4-5-8/h7-8,10H,2-6H2,1H3,(H,19,24). The van der Waals surface area contributed by atoms with Crippen LogP contribution in [0.25, 0.3) is 0 Å². The third-order valence-corrected chi connectivity index (χ3v) is 5.53. The molecule has 0 aromatic carbocycles. The van der Waals surface area contributed by atoms with Crippen molar-refractivity contribution in [2.24, 2.45) is 7.05 Å². The highest BCUT2D eigenvalue weighted by molar-refractivity contribution is 6.41. The summed E-state index contributed by atoms with van der Waals surface area (Å²) in [4.78, 5) is 30.8. The van der Waals surface area contributed by atoms with Crippen molar-refractivity contribution < 1.29 is 14.1 Å².